The first-order valence-corrected chi connectivity index (χ1v) is 4.41. The van der Waals surface area contributed by atoms with Gasteiger partial charge in [-0.3, -0.25) is 4.79 Å². The molecule has 0 bridgehead atoms. The topological polar surface area (TPSA) is 46.5 Å². The van der Waals surface area contributed by atoms with Gasteiger partial charge in [0.25, 0.3) is 0 Å². The molecule has 1 N–H and O–H groups in total. The largest absolute Gasteiger partial charge is 0.466 e. The van der Waals surface area contributed by atoms with Crippen LogP contribution in [0.3, 0.4) is 0 Å². The number of aliphatic hydroxyl groups is 1. The number of halogens is 3. The average Bonchev–Trinajstić information content (AvgIpc) is 1.85. The van der Waals surface area contributed by atoms with Crippen LogP contribution in [0.25, 0.3) is 0 Å². The molecule has 0 heterocycles. The van der Waals surface area contributed by atoms with E-state index in [-0.39, 0.29) is 13.0 Å². The molecule has 0 rings (SSSR count). The number of aliphatic hydroxyl groups excluding tert-OH is 1. The third-order valence-corrected chi connectivity index (χ3v) is 1.80. The summed E-state index contributed by atoms with van der Waals surface area (Å²) in [6, 6.07) is 0. The van der Waals surface area contributed by atoms with Crippen LogP contribution < -0.4 is 0 Å². The monoisotopic (exact) mass is 234 g/mol. The van der Waals surface area contributed by atoms with Crippen LogP contribution in [0.2, 0.25) is 0 Å². The first-order valence-electron chi connectivity index (χ1n) is 3.28. The van der Waals surface area contributed by atoms with Crippen LogP contribution in [0.4, 0.5) is 0 Å². The molecule has 0 aromatic rings. The number of rotatable bonds is 3. The van der Waals surface area contributed by atoms with Crippen molar-refractivity contribution < 1.29 is 14.6 Å². The Hall–Kier alpha value is 0.300. The summed E-state index contributed by atoms with van der Waals surface area (Å²) in [5.41, 5.74) is 0. The Morgan fingerprint density at radius 1 is 1.58 bits per heavy atom. The van der Waals surface area contributed by atoms with Crippen molar-refractivity contribution in [2.45, 2.75) is 23.2 Å². The molecule has 0 aliphatic rings. The minimum Gasteiger partial charge on any atom is -0.466 e. The third kappa shape index (κ3) is 5.04. The SMILES string of the molecule is CCOC(=O)C[C@H](O)C(Cl)(Cl)Cl. The van der Waals surface area contributed by atoms with E-state index in [9.17, 15) is 4.79 Å². The van der Waals surface area contributed by atoms with Gasteiger partial charge in [0, 0.05) is 0 Å². The van der Waals surface area contributed by atoms with E-state index in [0.717, 1.165) is 0 Å². The zero-order valence-electron chi connectivity index (χ0n) is 6.39. The Balaban J connectivity index is 3.84. The van der Waals surface area contributed by atoms with Crippen molar-refractivity contribution in [1.29, 1.82) is 0 Å². The van der Waals surface area contributed by atoms with Gasteiger partial charge in [0.05, 0.1) is 13.0 Å². The molecule has 0 aliphatic heterocycles. The van der Waals surface area contributed by atoms with Gasteiger partial charge in [-0.05, 0) is 6.92 Å². The lowest BCUT2D eigenvalue weighted by Crippen LogP contribution is -2.28. The third-order valence-electron chi connectivity index (χ3n) is 1.04. The summed E-state index contributed by atoms with van der Waals surface area (Å²) >= 11 is 15.9. The predicted molar refractivity (Wildman–Crippen MR) is 47.5 cm³/mol. The minimum absolute atomic E-state index is 0.241. The summed E-state index contributed by atoms with van der Waals surface area (Å²) < 4.78 is 2.69. The lowest BCUT2D eigenvalue weighted by Gasteiger charge is -2.17. The highest BCUT2D eigenvalue weighted by Crippen LogP contribution is 2.31. The highest BCUT2D eigenvalue weighted by Gasteiger charge is 2.32. The second-order valence-corrected chi connectivity index (χ2v) is 4.44. The van der Waals surface area contributed by atoms with Gasteiger partial charge in [0.1, 0.15) is 6.10 Å². The summed E-state index contributed by atoms with van der Waals surface area (Å²) in [5.74, 6) is -0.587. The van der Waals surface area contributed by atoms with E-state index < -0.39 is 15.9 Å². The molecule has 0 spiro atoms. The Morgan fingerprint density at radius 2 is 2.08 bits per heavy atom. The summed E-state index contributed by atoms with van der Waals surface area (Å²) in [7, 11) is 0. The quantitative estimate of drug-likeness (QED) is 0.598. The fourth-order valence-corrected chi connectivity index (χ4v) is 0.725. The van der Waals surface area contributed by atoms with Crippen LogP contribution in [0.15, 0.2) is 0 Å². The van der Waals surface area contributed by atoms with Crippen LogP contribution >= 0.6 is 34.8 Å². The zero-order valence-corrected chi connectivity index (χ0v) is 8.66. The first-order chi connectivity index (χ1) is 5.38. The maximum atomic E-state index is 10.7. The average molecular weight is 235 g/mol. The van der Waals surface area contributed by atoms with Gasteiger partial charge < -0.3 is 9.84 Å². The van der Waals surface area contributed by atoms with E-state index in [0.29, 0.717) is 0 Å². The van der Waals surface area contributed by atoms with E-state index in [1.54, 1.807) is 6.92 Å². The molecule has 0 fully saturated rings. The Bertz CT molecular complexity index is 155. The summed E-state index contributed by atoms with van der Waals surface area (Å²) in [6.07, 6.45) is -1.65. The summed E-state index contributed by atoms with van der Waals surface area (Å²) in [5, 5.41) is 9.09. The summed E-state index contributed by atoms with van der Waals surface area (Å²) in [6.45, 7) is 1.89. The number of carbonyl (C=O) groups excluding carboxylic acids is 1. The molecule has 72 valence electrons. The normalized spacial score (nSPS) is 14.1. The van der Waals surface area contributed by atoms with Gasteiger partial charge in [-0.1, -0.05) is 34.8 Å². The van der Waals surface area contributed by atoms with Crippen LogP contribution in [-0.2, 0) is 9.53 Å². The molecule has 0 aromatic carbocycles. The molecular formula is C6H9Cl3O3. The predicted octanol–water partition coefficient (Wildman–Crippen LogP) is 1.67. The Labute approximate surface area is 85.5 Å². The van der Waals surface area contributed by atoms with Gasteiger partial charge in [-0.25, -0.2) is 0 Å². The number of carbonyl (C=O) groups is 1. The molecule has 3 nitrogen and oxygen atoms in total. The maximum absolute atomic E-state index is 10.7. The Morgan fingerprint density at radius 3 is 2.42 bits per heavy atom. The van der Waals surface area contributed by atoms with Gasteiger partial charge in [-0.15, -0.1) is 0 Å². The van der Waals surface area contributed by atoms with Crippen LogP contribution in [-0.4, -0.2) is 27.6 Å². The molecule has 0 radical (unpaired) electrons. The second kappa shape index (κ2) is 5.12. The van der Waals surface area contributed by atoms with Crippen molar-refractivity contribution in [3.63, 3.8) is 0 Å². The first kappa shape index (κ1) is 12.3. The second-order valence-electron chi connectivity index (χ2n) is 2.07. The molecule has 1 atom stereocenters. The van der Waals surface area contributed by atoms with E-state index >= 15 is 0 Å². The van der Waals surface area contributed by atoms with Crippen LogP contribution in [0, 0.1) is 0 Å². The van der Waals surface area contributed by atoms with E-state index in [1.807, 2.05) is 0 Å². The molecule has 0 unspecified atom stereocenters. The smallest absolute Gasteiger partial charge is 0.308 e. The molecule has 6 heteroatoms. The minimum atomic E-state index is -1.84. The fourth-order valence-electron chi connectivity index (χ4n) is 0.494. The molecule has 0 aromatic heterocycles. The molecule has 0 amide bonds. The number of alkyl halides is 3. The van der Waals surface area contributed by atoms with Gasteiger partial charge >= 0.3 is 5.97 Å². The number of ether oxygens (including phenoxy) is 1. The lowest BCUT2D eigenvalue weighted by atomic mass is 10.3. The molecule has 12 heavy (non-hydrogen) atoms. The van der Waals surface area contributed by atoms with Gasteiger partial charge in [-0.2, -0.15) is 0 Å². The highest BCUT2D eigenvalue weighted by molar-refractivity contribution is 6.68. The van der Waals surface area contributed by atoms with Crippen molar-refractivity contribution in [2.24, 2.45) is 0 Å². The van der Waals surface area contributed by atoms with Crippen molar-refractivity contribution in [3.8, 4) is 0 Å². The summed E-state index contributed by atoms with van der Waals surface area (Å²) in [4.78, 5) is 10.7. The maximum Gasteiger partial charge on any atom is 0.308 e. The van der Waals surface area contributed by atoms with Gasteiger partial charge in [0.15, 0.2) is 0 Å². The molecule has 0 aliphatic carbocycles. The lowest BCUT2D eigenvalue weighted by molar-refractivity contribution is -0.145. The van der Waals surface area contributed by atoms with Crippen LogP contribution in [0.1, 0.15) is 13.3 Å². The molecule has 0 saturated heterocycles. The molecular weight excluding hydrogens is 226 g/mol. The van der Waals surface area contributed by atoms with E-state index in [1.165, 1.54) is 0 Å². The fraction of sp³-hybridized carbons (Fsp3) is 0.833. The number of hydrogen-bond donors (Lipinski definition) is 1. The van der Waals surface area contributed by atoms with Crippen molar-refractivity contribution in [2.75, 3.05) is 6.61 Å². The van der Waals surface area contributed by atoms with Crippen molar-refractivity contribution >= 4 is 40.8 Å². The molecule has 0 saturated carbocycles. The van der Waals surface area contributed by atoms with Crippen LogP contribution in [0.5, 0.6) is 0 Å². The van der Waals surface area contributed by atoms with E-state index in [4.69, 9.17) is 39.9 Å². The number of esters is 1. The van der Waals surface area contributed by atoms with Gasteiger partial charge in [0.2, 0.25) is 3.79 Å². The Kier molecular flexibility index (Phi) is 5.25. The number of hydrogen-bond acceptors (Lipinski definition) is 3. The highest BCUT2D eigenvalue weighted by atomic mass is 35.6. The zero-order chi connectivity index (χ0) is 9.78. The van der Waals surface area contributed by atoms with E-state index in [2.05, 4.69) is 4.74 Å². The standard InChI is InChI=1S/C6H9Cl3O3/c1-2-12-5(11)3-4(10)6(7,8)9/h4,10H,2-3H2,1H3/t4-/m0/s1. The van der Waals surface area contributed by atoms with Crippen molar-refractivity contribution in [1.82, 2.24) is 0 Å². The van der Waals surface area contributed by atoms with Crippen molar-refractivity contribution in [3.05, 3.63) is 0 Å².